The van der Waals surface area contributed by atoms with Gasteiger partial charge in [-0.15, -0.1) is 0 Å². The highest BCUT2D eigenvalue weighted by Crippen LogP contribution is 2.29. The second kappa shape index (κ2) is 5.21. The molecule has 0 unspecified atom stereocenters. The van der Waals surface area contributed by atoms with Crippen LogP contribution in [0.2, 0.25) is 5.02 Å². The van der Waals surface area contributed by atoms with Gasteiger partial charge in [0, 0.05) is 5.02 Å². The van der Waals surface area contributed by atoms with Crippen molar-refractivity contribution in [3.05, 3.63) is 28.3 Å². The molecule has 1 amide bonds. The van der Waals surface area contributed by atoms with Crippen molar-refractivity contribution in [3.63, 3.8) is 0 Å². The Bertz CT molecular complexity index is 540. The number of fused-ring (bicyclic) bond motifs is 1. The Morgan fingerprint density at radius 1 is 1.37 bits per heavy atom. The summed E-state index contributed by atoms with van der Waals surface area (Å²) in [7, 11) is 0. The Labute approximate surface area is 117 Å². The summed E-state index contributed by atoms with van der Waals surface area (Å²) in [5.74, 6) is -0.537. The molecule has 4 nitrogen and oxygen atoms in total. The molecule has 0 bridgehead atoms. The van der Waals surface area contributed by atoms with E-state index in [1.54, 1.807) is 13.0 Å². The third kappa shape index (κ3) is 2.89. The molecule has 2 rings (SSSR count). The van der Waals surface area contributed by atoms with Gasteiger partial charge in [0.15, 0.2) is 6.10 Å². The van der Waals surface area contributed by atoms with Gasteiger partial charge in [-0.3, -0.25) is 4.79 Å². The second-order valence-electron chi connectivity index (χ2n) is 5.16. The molecule has 0 saturated carbocycles. The highest BCUT2D eigenvalue weighted by Gasteiger charge is 2.31. The summed E-state index contributed by atoms with van der Waals surface area (Å²) in [5.41, 5.74) is 1.55. The van der Waals surface area contributed by atoms with Crippen molar-refractivity contribution in [1.29, 1.82) is 0 Å². The predicted octanol–water partition coefficient (Wildman–Crippen LogP) is 3.17. The third-order valence-electron chi connectivity index (χ3n) is 3.00. The number of cyclic esters (lactones) is 1. The summed E-state index contributed by atoms with van der Waals surface area (Å²) in [4.78, 5) is 24.1. The Balaban J connectivity index is 2.40. The van der Waals surface area contributed by atoms with Crippen LogP contribution in [0, 0.1) is 12.8 Å². The van der Waals surface area contributed by atoms with Crippen molar-refractivity contribution in [1.82, 2.24) is 0 Å². The first-order valence-electron chi connectivity index (χ1n) is 6.20. The number of carbonyl (C=O) groups excluding carboxylic acids is 2. The van der Waals surface area contributed by atoms with Gasteiger partial charge in [-0.2, -0.15) is 0 Å². The summed E-state index contributed by atoms with van der Waals surface area (Å²) < 4.78 is 5.26. The standard InChI is InChI=1S/C14H16ClNO3/c1-7(2)4-11-13(17)16-12-8(3)5-9(15)6-10(12)14(18)19-11/h5-7,11H,4H2,1-3H3,(H,16,17)/t11-/m1/s1. The number of nitrogens with one attached hydrogen (secondary N) is 1. The molecule has 102 valence electrons. The maximum absolute atomic E-state index is 12.1. The smallest absolute Gasteiger partial charge is 0.341 e. The van der Waals surface area contributed by atoms with Crippen LogP contribution in [-0.2, 0) is 9.53 Å². The lowest BCUT2D eigenvalue weighted by Crippen LogP contribution is -2.31. The van der Waals surface area contributed by atoms with Crippen LogP contribution in [0.15, 0.2) is 12.1 Å². The second-order valence-corrected chi connectivity index (χ2v) is 5.59. The van der Waals surface area contributed by atoms with Crippen LogP contribution in [0.25, 0.3) is 0 Å². The molecular formula is C14H16ClNO3. The van der Waals surface area contributed by atoms with Crippen molar-refractivity contribution < 1.29 is 14.3 Å². The van der Waals surface area contributed by atoms with Crippen LogP contribution in [0.5, 0.6) is 0 Å². The zero-order chi connectivity index (χ0) is 14.2. The van der Waals surface area contributed by atoms with Gasteiger partial charge in [0.25, 0.3) is 5.91 Å². The Kier molecular flexibility index (Phi) is 3.80. The third-order valence-corrected chi connectivity index (χ3v) is 3.21. The molecule has 0 saturated heterocycles. The summed E-state index contributed by atoms with van der Waals surface area (Å²) in [6, 6.07) is 3.22. The molecule has 1 aromatic carbocycles. The number of anilines is 1. The first-order valence-corrected chi connectivity index (χ1v) is 6.58. The molecule has 1 heterocycles. The largest absolute Gasteiger partial charge is 0.449 e. The average Bonchev–Trinajstić information content (AvgIpc) is 2.39. The molecule has 0 aliphatic carbocycles. The van der Waals surface area contributed by atoms with E-state index in [1.807, 2.05) is 13.8 Å². The number of esters is 1. The molecule has 1 aromatic rings. The average molecular weight is 282 g/mol. The van der Waals surface area contributed by atoms with E-state index in [1.165, 1.54) is 6.07 Å². The molecule has 19 heavy (non-hydrogen) atoms. The Morgan fingerprint density at radius 2 is 2.05 bits per heavy atom. The van der Waals surface area contributed by atoms with Crippen LogP contribution >= 0.6 is 11.6 Å². The summed E-state index contributed by atoms with van der Waals surface area (Å²) >= 11 is 5.94. The number of ether oxygens (including phenoxy) is 1. The first kappa shape index (κ1) is 13.9. The van der Waals surface area contributed by atoms with E-state index in [2.05, 4.69) is 5.32 Å². The van der Waals surface area contributed by atoms with E-state index in [-0.39, 0.29) is 11.8 Å². The number of hydrogen-bond acceptors (Lipinski definition) is 3. The summed E-state index contributed by atoms with van der Waals surface area (Å²) in [6.45, 7) is 5.74. The van der Waals surface area contributed by atoms with Gasteiger partial charge < -0.3 is 10.1 Å². The van der Waals surface area contributed by atoms with Gasteiger partial charge >= 0.3 is 5.97 Å². The molecule has 1 atom stereocenters. The molecule has 0 aromatic heterocycles. The maximum atomic E-state index is 12.1. The minimum Gasteiger partial charge on any atom is -0.449 e. The van der Waals surface area contributed by atoms with Gasteiger partial charge in [0.1, 0.15) is 0 Å². The van der Waals surface area contributed by atoms with Crippen molar-refractivity contribution in [2.24, 2.45) is 5.92 Å². The fraction of sp³-hybridized carbons (Fsp3) is 0.429. The number of hydrogen-bond donors (Lipinski definition) is 1. The minimum absolute atomic E-state index is 0.259. The highest BCUT2D eigenvalue weighted by molar-refractivity contribution is 6.31. The molecule has 0 fully saturated rings. The van der Waals surface area contributed by atoms with Gasteiger partial charge in [-0.25, -0.2) is 4.79 Å². The van der Waals surface area contributed by atoms with Gasteiger partial charge in [0.05, 0.1) is 11.3 Å². The van der Waals surface area contributed by atoms with Crippen LogP contribution in [0.3, 0.4) is 0 Å². The lowest BCUT2D eigenvalue weighted by Gasteiger charge is -2.15. The van der Waals surface area contributed by atoms with E-state index >= 15 is 0 Å². The van der Waals surface area contributed by atoms with Crippen LogP contribution in [0.1, 0.15) is 36.2 Å². The zero-order valence-electron chi connectivity index (χ0n) is 11.1. The van der Waals surface area contributed by atoms with E-state index in [0.29, 0.717) is 22.7 Å². The fourth-order valence-corrected chi connectivity index (χ4v) is 2.38. The summed E-state index contributed by atoms with van der Waals surface area (Å²) in [5, 5.41) is 3.21. The van der Waals surface area contributed by atoms with Crippen molar-refractivity contribution >= 4 is 29.2 Å². The van der Waals surface area contributed by atoms with E-state index < -0.39 is 12.1 Å². The summed E-state index contributed by atoms with van der Waals surface area (Å²) in [6.07, 6.45) is -0.253. The Morgan fingerprint density at radius 3 is 2.68 bits per heavy atom. The van der Waals surface area contributed by atoms with E-state index in [9.17, 15) is 9.59 Å². The topological polar surface area (TPSA) is 55.4 Å². The number of rotatable bonds is 2. The quantitative estimate of drug-likeness (QED) is 0.847. The molecule has 1 aliphatic heterocycles. The van der Waals surface area contributed by atoms with Gasteiger partial charge in [-0.05, 0) is 37.0 Å². The number of halogens is 1. The fourth-order valence-electron chi connectivity index (χ4n) is 2.10. The van der Waals surface area contributed by atoms with Crippen molar-refractivity contribution in [2.75, 3.05) is 5.32 Å². The molecular weight excluding hydrogens is 266 g/mol. The lowest BCUT2D eigenvalue weighted by atomic mass is 10.1. The normalized spacial score (nSPS) is 18.7. The molecule has 0 spiro atoms. The van der Waals surface area contributed by atoms with Crippen LogP contribution in [0.4, 0.5) is 5.69 Å². The molecule has 5 heteroatoms. The number of amides is 1. The van der Waals surface area contributed by atoms with Gasteiger partial charge in [0.2, 0.25) is 0 Å². The SMILES string of the molecule is Cc1cc(Cl)cc2c1NC(=O)[C@@H](CC(C)C)OC2=O. The van der Waals surface area contributed by atoms with E-state index in [4.69, 9.17) is 16.3 Å². The molecule has 0 radical (unpaired) electrons. The lowest BCUT2D eigenvalue weighted by molar-refractivity contribution is -0.125. The molecule has 1 N–H and O–H groups in total. The number of carbonyl (C=O) groups is 2. The van der Waals surface area contributed by atoms with Crippen LogP contribution < -0.4 is 5.32 Å². The Hall–Kier alpha value is -1.55. The zero-order valence-corrected chi connectivity index (χ0v) is 11.9. The highest BCUT2D eigenvalue weighted by atomic mass is 35.5. The minimum atomic E-state index is -0.752. The predicted molar refractivity (Wildman–Crippen MR) is 73.5 cm³/mol. The van der Waals surface area contributed by atoms with Crippen molar-refractivity contribution in [2.45, 2.75) is 33.3 Å². The number of benzene rings is 1. The van der Waals surface area contributed by atoms with Gasteiger partial charge in [-0.1, -0.05) is 25.4 Å². The van der Waals surface area contributed by atoms with E-state index in [0.717, 1.165) is 5.56 Å². The van der Waals surface area contributed by atoms with Crippen molar-refractivity contribution in [3.8, 4) is 0 Å². The van der Waals surface area contributed by atoms with Crippen LogP contribution in [-0.4, -0.2) is 18.0 Å². The first-order chi connectivity index (χ1) is 8.88. The maximum Gasteiger partial charge on any atom is 0.341 e. The monoisotopic (exact) mass is 281 g/mol. The molecule has 1 aliphatic rings. The number of aryl methyl sites for hydroxylation is 1.